The Morgan fingerprint density at radius 2 is 2.42 bits per heavy atom. The van der Waals surface area contributed by atoms with Gasteiger partial charge in [0.25, 0.3) is 0 Å². The summed E-state index contributed by atoms with van der Waals surface area (Å²) in [5.41, 5.74) is 0.733. The first-order valence-electron chi connectivity index (χ1n) is 3.28. The van der Waals surface area contributed by atoms with E-state index in [1.165, 1.54) is 18.7 Å². The first-order chi connectivity index (χ1) is 5.90. The number of furan rings is 1. The van der Waals surface area contributed by atoms with E-state index < -0.39 is 0 Å². The minimum absolute atomic E-state index is 0.200. The normalized spacial score (nSPS) is 9.58. The molecule has 0 fully saturated rings. The fourth-order valence-corrected chi connectivity index (χ4v) is 0.845. The summed E-state index contributed by atoms with van der Waals surface area (Å²) in [4.78, 5) is 3.88. The Kier molecular flexibility index (Phi) is 1.42. The van der Waals surface area contributed by atoms with Crippen LogP contribution in [0.15, 0.2) is 33.6 Å². The molecule has 0 atom stereocenters. The fraction of sp³-hybridized carbons (Fsp3) is 0. The molecule has 0 bridgehead atoms. The highest BCUT2D eigenvalue weighted by atomic mass is 16.4. The molecule has 0 amide bonds. The van der Waals surface area contributed by atoms with Gasteiger partial charge < -0.3 is 8.83 Å². The van der Waals surface area contributed by atoms with Gasteiger partial charge in [-0.3, -0.25) is 0 Å². The van der Waals surface area contributed by atoms with Crippen LogP contribution in [-0.4, -0.2) is 4.98 Å². The number of hydrogen-bond acceptors (Lipinski definition) is 4. The van der Waals surface area contributed by atoms with E-state index in [9.17, 15) is 0 Å². The van der Waals surface area contributed by atoms with Crippen molar-refractivity contribution in [2.75, 3.05) is 0 Å². The second-order valence-electron chi connectivity index (χ2n) is 2.15. The van der Waals surface area contributed by atoms with Crippen LogP contribution in [0.5, 0.6) is 0 Å². The van der Waals surface area contributed by atoms with Crippen LogP contribution in [0.25, 0.3) is 11.5 Å². The predicted molar refractivity (Wildman–Crippen MR) is 38.9 cm³/mol. The largest absolute Gasteiger partial charge is 0.472 e. The van der Waals surface area contributed by atoms with E-state index >= 15 is 0 Å². The van der Waals surface area contributed by atoms with Crippen molar-refractivity contribution < 1.29 is 8.83 Å². The van der Waals surface area contributed by atoms with Crippen molar-refractivity contribution in [1.82, 2.24) is 4.98 Å². The lowest BCUT2D eigenvalue weighted by Gasteiger charge is -1.83. The van der Waals surface area contributed by atoms with Crippen LogP contribution >= 0.6 is 0 Å². The van der Waals surface area contributed by atoms with Gasteiger partial charge in [0.05, 0.1) is 18.0 Å². The van der Waals surface area contributed by atoms with E-state index in [1.54, 1.807) is 6.07 Å². The van der Waals surface area contributed by atoms with Crippen molar-refractivity contribution in [3.63, 3.8) is 0 Å². The molecule has 0 unspecified atom stereocenters. The molecule has 0 radical (unpaired) electrons. The highest BCUT2D eigenvalue weighted by Gasteiger charge is 2.05. The van der Waals surface area contributed by atoms with Crippen molar-refractivity contribution >= 4 is 0 Å². The number of rotatable bonds is 1. The van der Waals surface area contributed by atoms with Crippen LogP contribution in [0.2, 0.25) is 0 Å². The lowest BCUT2D eigenvalue weighted by atomic mass is 10.3. The van der Waals surface area contributed by atoms with Gasteiger partial charge in [-0.2, -0.15) is 5.26 Å². The molecule has 4 heteroatoms. The Labute approximate surface area is 68.1 Å². The average molecular weight is 160 g/mol. The monoisotopic (exact) mass is 160 g/mol. The maximum absolute atomic E-state index is 8.44. The number of nitriles is 1. The standard InChI is InChI=1S/C8H4N2O2/c9-3-7-4-10-8(12-7)6-1-2-11-5-6/h1-2,4-5H. The number of nitrogens with zero attached hydrogens (tertiary/aromatic N) is 2. The van der Waals surface area contributed by atoms with Gasteiger partial charge in [0.15, 0.2) is 0 Å². The van der Waals surface area contributed by atoms with E-state index in [0.29, 0.717) is 5.89 Å². The van der Waals surface area contributed by atoms with Crippen molar-refractivity contribution in [1.29, 1.82) is 5.26 Å². The molecular formula is C8H4N2O2. The van der Waals surface area contributed by atoms with Gasteiger partial charge in [-0.15, -0.1) is 0 Å². The molecule has 0 aromatic carbocycles. The van der Waals surface area contributed by atoms with Gasteiger partial charge in [0.1, 0.15) is 12.3 Å². The Bertz CT molecular complexity index is 408. The zero-order valence-electron chi connectivity index (χ0n) is 6.02. The molecule has 2 aromatic rings. The molecule has 0 spiro atoms. The van der Waals surface area contributed by atoms with E-state index in [1.807, 2.05) is 6.07 Å². The van der Waals surface area contributed by atoms with Gasteiger partial charge in [-0.05, 0) is 6.07 Å². The van der Waals surface area contributed by atoms with Crippen molar-refractivity contribution in [3.05, 3.63) is 30.5 Å². The van der Waals surface area contributed by atoms with E-state index in [4.69, 9.17) is 14.1 Å². The lowest BCUT2D eigenvalue weighted by Crippen LogP contribution is -1.68. The predicted octanol–water partition coefficient (Wildman–Crippen LogP) is 1.81. The first kappa shape index (κ1) is 6.68. The average Bonchev–Trinajstić information content (AvgIpc) is 2.75. The van der Waals surface area contributed by atoms with Crippen LogP contribution < -0.4 is 0 Å². The summed E-state index contributed by atoms with van der Waals surface area (Å²) in [5.74, 6) is 0.603. The van der Waals surface area contributed by atoms with E-state index in [2.05, 4.69) is 4.98 Å². The summed E-state index contributed by atoms with van der Waals surface area (Å²) in [5, 5.41) is 8.44. The van der Waals surface area contributed by atoms with Gasteiger partial charge >= 0.3 is 0 Å². The third kappa shape index (κ3) is 0.974. The second-order valence-corrected chi connectivity index (χ2v) is 2.15. The molecule has 4 nitrogen and oxygen atoms in total. The third-order valence-corrected chi connectivity index (χ3v) is 1.38. The maximum atomic E-state index is 8.44. The Morgan fingerprint density at radius 3 is 3.00 bits per heavy atom. The summed E-state index contributed by atoms with van der Waals surface area (Å²) in [6, 6.07) is 3.56. The third-order valence-electron chi connectivity index (χ3n) is 1.38. The maximum Gasteiger partial charge on any atom is 0.231 e. The molecule has 0 N–H and O–H groups in total. The summed E-state index contributed by atoms with van der Waals surface area (Å²) in [6.45, 7) is 0. The molecule has 58 valence electrons. The highest BCUT2D eigenvalue weighted by molar-refractivity contribution is 5.50. The zero-order valence-corrected chi connectivity index (χ0v) is 6.02. The van der Waals surface area contributed by atoms with Crippen LogP contribution in [-0.2, 0) is 0 Å². The molecule has 2 aromatic heterocycles. The Morgan fingerprint density at radius 1 is 1.50 bits per heavy atom. The van der Waals surface area contributed by atoms with Gasteiger partial charge in [-0.25, -0.2) is 4.98 Å². The molecule has 0 aliphatic heterocycles. The molecule has 0 aliphatic rings. The molecule has 0 aliphatic carbocycles. The summed E-state index contributed by atoms with van der Waals surface area (Å²) in [6.07, 6.45) is 4.40. The topological polar surface area (TPSA) is 63.0 Å². The minimum atomic E-state index is 0.200. The quantitative estimate of drug-likeness (QED) is 0.638. The fourth-order valence-electron chi connectivity index (χ4n) is 0.845. The van der Waals surface area contributed by atoms with Gasteiger partial charge in [0.2, 0.25) is 11.7 Å². The number of aromatic nitrogens is 1. The molecule has 2 rings (SSSR count). The minimum Gasteiger partial charge on any atom is -0.472 e. The molecular weight excluding hydrogens is 156 g/mol. The molecule has 2 heterocycles. The first-order valence-corrected chi connectivity index (χ1v) is 3.28. The van der Waals surface area contributed by atoms with Crippen molar-refractivity contribution in [3.8, 4) is 17.5 Å². The summed E-state index contributed by atoms with van der Waals surface area (Å²) >= 11 is 0. The SMILES string of the molecule is N#Cc1cnc(-c2ccoc2)o1. The molecule has 12 heavy (non-hydrogen) atoms. The second kappa shape index (κ2) is 2.55. The Hall–Kier alpha value is -2.02. The zero-order chi connectivity index (χ0) is 8.39. The molecule has 0 saturated heterocycles. The van der Waals surface area contributed by atoms with Crippen LogP contribution in [0.1, 0.15) is 5.76 Å². The highest BCUT2D eigenvalue weighted by Crippen LogP contribution is 2.18. The smallest absolute Gasteiger partial charge is 0.231 e. The van der Waals surface area contributed by atoms with Crippen LogP contribution in [0.3, 0.4) is 0 Å². The van der Waals surface area contributed by atoms with Crippen LogP contribution in [0.4, 0.5) is 0 Å². The van der Waals surface area contributed by atoms with Gasteiger partial charge in [-0.1, -0.05) is 0 Å². The molecule has 0 saturated carbocycles. The summed E-state index contributed by atoms with van der Waals surface area (Å²) < 4.78 is 9.87. The lowest BCUT2D eigenvalue weighted by molar-refractivity contribution is 0.550. The number of oxazole rings is 1. The van der Waals surface area contributed by atoms with Crippen LogP contribution in [0, 0.1) is 11.3 Å². The number of hydrogen-bond donors (Lipinski definition) is 0. The van der Waals surface area contributed by atoms with Gasteiger partial charge in [0, 0.05) is 0 Å². The van der Waals surface area contributed by atoms with Crippen molar-refractivity contribution in [2.24, 2.45) is 0 Å². The van der Waals surface area contributed by atoms with Crippen molar-refractivity contribution in [2.45, 2.75) is 0 Å². The van der Waals surface area contributed by atoms with E-state index in [-0.39, 0.29) is 5.76 Å². The van der Waals surface area contributed by atoms with E-state index in [0.717, 1.165) is 5.56 Å². The Balaban J connectivity index is 2.44. The summed E-state index contributed by atoms with van der Waals surface area (Å²) in [7, 11) is 0.